The monoisotopic (exact) mass is 254 g/mol. The van der Waals surface area contributed by atoms with Crippen LogP contribution in [0, 0.1) is 11.3 Å². The summed E-state index contributed by atoms with van der Waals surface area (Å²) >= 11 is 0. The highest BCUT2D eigenvalue weighted by Gasteiger charge is 2.33. The lowest BCUT2D eigenvalue weighted by Gasteiger charge is -2.31. The molecule has 1 aliphatic carbocycles. The van der Waals surface area contributed by atoms with Gasteiger partial charge in [0, 0.05) is 12.1 Å². The van der Waals surface area contributed by atoms with Crippen LogP contribution in [0.15, 0.2) is 0 Å². The Hall–Kier alpha value is -0.0800. The molecule has 1 aliphatic rings. The van der Waals surface area contributed by atoms with Crippen LogP contribution in [0.2, 0.25) is 0 Å². The Labute approximate surface area is 114 Å². The summed E-state index contributed by atoms with van der Waals surface area (Å²) in [5.74, 6) is 0.827. The predicted octanol–water partition coefficient (Wildman–Crippen LogP) is 3.70. The summed E-state index contributed by atoms with van der Waals surface area (Å²) in [6, 6.07) is 0. The number of nitrogens with one attached hydrogen (secondary N) is 1. The van der Waals surface area contributed by atoms with Gasteiger partial charge in [-0.05, 0) is 63.8 Å². The third kappa shape index (κ3) is 6.19. The number of rotatable bonds is 8. The summed E-state index contributed by atoms with van der Waals surface area (Å²) in [7, 11) is 0. The molecule has 0 spiro atoms. The molecular weight excluding hydrogens is 220 g/mol. The summed E-state index contributed by atoms with van der Waals surface area (Å²) in [6.07, 6.45) is 9.43. The second-order valence-electron chi connectivity index (χ2n) is 7.57. The van der Waals surface area contributed by atoms with Crippen molar-refractivity contribution in [3.8, 4) is 0 Å². The van der Waals surface area contributed by atoms with Gasteiger partial charge < -0.3 is 11.1 Å². The lowest BCUT2D eigenvalue weighted by molar-refractivity contribution is 0.223. The SMILES string of the molecule is CC(C)CC1(CNCCCC(C)(C)N)CCCC1. The van der Waals surface area contributed by atoms with E-state index in [0.717, 1.165) is 18.9 Å². The molecule has 0 radical (unpaired) electrons. The summed E-state index contributed by atoms with van der Waals surface area (Å²) in [5, 5.41) is 3.69. The molecule has 108 valence electrons. The van der Waals surface area contributed by atoms with Crippen molar-refractivity contribution in [1.29, 1.82) is 0 Å². The van der Waals surface area contributed by atoms with Gasteiger partial charge in [-0.2, -0.15) is 0 Å². The van der Waals surface area contributed by atoms with Crippen LogP contribution >= 0.6 is 0 Å². The standard InChI is InChI=1S/C16H34N2/c1-14(2)12-16(9-5-6-10-16)13-18-11-7-8-15(3,4)17/h14,18H,5-13,17H2,1-4H3. The average Bonchev–Trinajstić information content (AvgIpc) is 2.63. The molecule has 0 aromatic carbocycles. The normalized spacial score (nSPS) is 19.7. The molecule has 1 saturated carbocycles. The second-order valence-corrected chi connectivity index (χ2v) is 7.57. The van der Waals surface area contributed by atoms with Crippen molar-refractivity contribution >= 4 is 0 Å². The van der Waals surface area contributed by atoms with E-state index in [4.69, 9.17) is 5.73 Å². The minimum Gasteiger partial charge on any atom is -0.326 e. The van der Waals surface area contributed by atoms with E-state index in [1.54, 1.807) is 0 Å². The van der Waals surface area contributed by atoms with Crippen molar-refractivity contribution in [2.75, 3.05) is 13.1 Å². The Balaban J connectivity index is 2.22. The topological polar surface area (TPSA) is 38.0 Å². The molecule has 2 heteroatoms. The van der Waals surface area contributed by atoms with E-state index in [9.17, 15) is 0 Å². The van der Waals surface area contributed by atoms with Crippen LogP contribution in [0.25, 0.3) is 0 Å². The summed E-state index contributed by atoms with van der Waals surface area (Å²) in [6.45, 7) is 11.3. The summed E-state index contributed by atoms with van der Waals surface area (Å²) < 4.78 is 0. The lowest BCUT2D eigenvalue weighted by Crippen LogP contribution is -2.36. The van der Waals surface area contributed by atoms with E-state index in [-0.39, 0.29) is 5.54 Å². The van der Waals surface area contributed by atoms with E-state index < -0.39 is 0 Å². The van der Waals surface area contributed by atoms with Crippen molar-refractivity contribution < 1.29 is 0 Å². The Morgan fingerprint density at radius 1 is 1.22 bits per heavy atom. The predicted molar refractivity (Wildman–Crippen MR) is 80.7 cm³/mol. The largest absolute Gasteiger partial charge is 0.326 e. The average molecular weight is 254 g/mol. The van der Waals surface area contributed by atoms with Crippen molar-refractivity contribution in [1.82, 2.24) is 5.32 Å². The van der Waals surface area contributed by atoms with Crippen LogP contribution < -0.4 is 11.1 Å². The smallest absolute Gasteiger partial charge is 0.00975 e. The maximum absolute atomic E-state index is 6.00. The van der Waals surface area contributed by atoms with E-state index >= 15 is 0 Å². The van der Waals surface area contributed by atoms with Gasteiger partial charge in [0.1, 0.15) is 0 Å². The first-order valence-corrected chi connectivity index (χ1v) is 7.83. The zero-order valence-electron chi connectivity index (χ0n) is 13.0. The van der Waals surface area contributed by atoms with Gasteiger partial charge in [-0.15, -0.1) is 0 Å². The van der Waals surface area contributed by atoms with Crippen LogP contribution in [-0.4, -0.2) is 18.6 Å². The van der Waals surface area contributed by atoms with Gasteiger partial charge in [-0.3, -0.25) is 0 Å². The van der Waals surface area contributed by atoms with E-state index in [0.29, 0.717) is 5.41 Å². The number of hydrogen-bond acceptors (Lipinski definition) is 2. The molecule has 1 rings (SSSR count). The maximum atomic E-state index is 6.00. The van der Waals surface area contributed by atoms with Gasteiger partial charge >= 0.3 is 0 Å². The second kappa shape index (κ2) is 6.91. The van der Waals surface area contributed by atoms with Crippen LogP contribution in [0.3, 0.4) is 0 Å². The molecule has 0 atom stereocenters. The highest BCUT2D eigenvalue weighted by molar-refractivity contribution is 4.87. The molecule has 2 nitrogen and oxygen atoms in total. The molecule has 0 aliphatic heterocycles. The zero-order chi connectivity index (χ0) is 13.6. The van der Waals surface area contributed by atoms with Crippen LogP contribution in [0.4, 0.5) is 0 Å². The van der Waals surface area contributed by atoms with Crippen molar-refractivity contribution in [2.45, 2.75) is 78.2 Å². The minimum atomic E-state index is -0.00927. The first-order chi connectivity index (χ1) is 8.33. The first-order valence-electron chi connectivity index (χ1n) is 7.83. The number of hydrogen-bond donors (Lipinski definition) is 2. The van der Waals surface area contributed by atoms with Gasteiger partial charge in [0.05, 0.1) is 0 Å². The lowest BCUT2D eigenvalue weighted by atomic mass is 9.78. The molecule has 0 heterocycles. The fourth-order valence-corrected chi connectivity index (χ4v) is 3.47. The Kier molecular flexibility index (Phi) is 6.13. The Morgan fingerprint density at radius 2 is 1.83 bits per heavy atom. The Morgan fingerprint density at radius 3 is 2.33 bits per heavy atom. The molecule has 0 amide bonds. The van der Waals surface area contributed by atoms with Gasteiger partial charge in [-0.25, -0.2) is 0 Å². The van der Waals surface area contributed by atoms with Crippen molar-refractivity contribution in [3.63, 3.8) is 0 Å². The molecule has 0 bridgehead atoms. The molecule has 0 unspecified atom stereocenters. The van der Waals surface area contributed by atoms with Crippen molar-refractivity contribution in [3.05, 3.63) is 0 Å². The first kappa shape index (κ1) is 16.0. The third-order valence-electron chi connectivity index (χ3n) is 4.18. The van der Waals surface area contributed by atoms with E-state index in [1.807, 2.05) is 0 Å². The zero-order valence-corrected chi connectivity index (χ0v) is 13.0. The van der Waals surface area contributed by atoms with Crippen LogP contribution in [0.5, 0.6) is 0 Å². The van der Waals surface area contributed by atoms with Crippen LogP contribution in [0.1, 0.15) is 72.6 Å². The summed E-state index contributed by atoms with van der Waals surface area (Å²) in [5.41, 5.74) is 6.60. The van der Waals surface area contributed by atoms with Gasteiger partial charge in [-0.1, -0.05) is 26.7 Å². The Bertz CT molecular complexity index is 222. The molecule has 3 N–H and O–H groups in total. The van der Waals surface area contributed by atoms with E-state index in [2.05, 4.69) is 33.0 Å². The molecule has 1 fully saturated rings. The van der Waals surface area contributed by atoms with Crippen LogP contribution in [-0.2, 0) is 0 Å². The van der Waals surface area contributed by atoms with Gasteiger partial charge in [0.15, 0.2) is 0 Å². The van der Waals surface area contributed by atoms with Gasteiger partial charge in [0.2, 0.25) is 0 Å². The fraction of sp³-hybridized carbons (Fsp3) is 1.00. The van der Waals surface area contributed by atoms with Gasteiger partial charge in [0.25, 0.3) is 0 Å². The van der Waals surface area contributed by atoms with Crippen molar-refractivity contribution in [2.24, 2.45) is 17.1 Å². The fourth-order valence-electron chi connectivity index (χ4n) is 3.47. The molecule has 0 aromatic heterocycles. The summed E-state index contributed by atoms with van der Waals surface area (Å²) in [4.78, 5) is 0. The molecular formula is C16H34N2. The highest BCUT2D eigenvalue weighted by atomic mass is 14.9. The number of nitrogens with two attached hydrogens (primary N) is 1. The molecule has 0 aromatic rings. The molecule has 0 saturated heterocycles. The third-order valence-corrected chi connectivity index (χ3v) is 4.18. The van der Waals surface area contributed by atoms with E-state index in [1.165, 1.54) is 45.1 Å². The molecule has 18 heavy (non-hydrogen) atoms. The quantitative estimate of drug-likeness (QED) is 0.648. The highest BCUT2D eigenvalue weighted by Crippen LogP contribution is 2.42. The maximum Gasteiger partial charge on any atom is 0.00975 e. The minimum absolute atomic E-state index is 0.00927.